The molecule has 1 saturated heterocycles. The maximum absolute atomic E-state index is 13.0. The fraction of sp³-hybridized carbons (Fsp3) is 0.500. The predicted octanol–water partition coefficient (Wildman–Crippen LogP) is 5.87. The highest BCUT2D eigenvalue weighted by molar-refractivity contribution is 7.80. The summed E-state index contributed by atoms with van der Waals surface area (Å²) in [5.74, 6) is 1.59. The first-order chi connectivity index (χ1) is 15.6. The summed E-state index contributed by atoms with van der Waals surface area (Å²) in [6, 6.07) is 15.5. The smallest absolute Gasteiger partial charge is 0.193 e. The lowest BCUT2D eigenvalue weighted by atomic mass is 9.86. The molecule has 0 radical (unpaired) electrons. The third-order valence-corrected chi connectivity index (χ3v) is 6.52. The Balaban J connectivity index is 1.49. The number of nitrogens with one attached hydrogen (secondary N) is 2. The average Bonchev–Trinajstić information content (AvgIpc) is 2.75. The molecule has 178 valence electrons. The van der Waals surface area contributed by atoms with E-state index in [1.165, 1.54) is 25.1 Å². The van der Waals surface area contributed by atoms with Crippen molar-refractivity contribution < 1.29 is 4.79 Å². The van der Waals surface area contributed by atoms with Crippen molar-refractivity contribution in [1.29, 1.82) is 0 Å². The number of anilines is 1. The maximum atomic E-state index is 13.0. The number of ketones is 1. The molecule has 2 aromatic rings. The first kappa shape index (κ1) is 25.4. The second-order valence-corrected chi connectivity index (χ2v) is 11.1. The van der Waals surface area contributed by atoms with Crippen LogP contribution in [0.15, 0.2) is 48.5 Å². The van der Waals surface area contributed by atoms with E-state index in [1.54, 1.807) is 0 Å². The third-order valence-electron chi connectivity index (χ3n) is 6.28. The van der Waals surface area contributed by atoms with Gasteiger partial charge in [0, 0.05) is 36.4 Å². The molecule has 0 bridgehead atoms. The van der Waals surface area contributed by atoms with Crippen molar-refractivity contribution in [3.05, 3.63) is 65.2 Å². The molecule has 4 nitrogen and oxygen atoms in total. The minimum absolute atomic E-state index is 0.0166. The van der Waals surface area contributed by atoms with Gasteiger partial charge in [-0.15, -0.1) is 0 Å². The topological polar surface area (TPSA) is 44.4 Å². The number of hydrogen-bond acceptors (Lipinski definition) is 3. The number of rotatable bonds is 7. The zero-order valence-corrected chi connectivity index (χ0v) is 21.6. The second-order valence-electron chi connectivity index (χ2n) is 10.7. The number of hydrogen-bond donors (Lipinski definition) is 2. The fourth-order valence-electron chi connectivity index (χ4n) is 4.68. The fourth-order valence-corrected chi connectivity index (χ4v) is 4.90. The predicted molar refractivity (Wildman–Crippen MR) is 143 cm³/mol. The number of thiocarbonyl (C=S) groups is 1. The number of piperidine rings is 1. The Morgan fingerprint density at radius 3 is 2.33 bits per heavy atom. The summed E-state index contributed by atoms with van der Waals surface area (Å²) in [5.41, 5.74) is 3.46. The number of carbonyl (C=O) groups is 1. The van der Waals surface area contributed by atoms with E-state index in [0.29, 0.717) is 16.2 Å². The zero-order valence-electron chi connectivity index (χ0n) is 20.8. The molecule has 0 aromatic heterocycles. The highest BCUT2D eigenvalue weighted by Crippen LogP contribution is 2.23. The molecule has 0 aliphatic carbocycles. The van der Waals surface area contributed by atoms with Gasteiger partial charge in [-0.2, -0.15) is 0 Å². The van der Waals surface area contributed by atoms with Crippen molar-refractivity contribution in [2.75, 3.05) is 31.5 Å². The molecule has 0 saturated carbocycles. The molecule has 33 heavy (non-hydrogen) atoms. The molecular weight excluding hydrogens is 426 g/mol. The van der Waals surface area contributed by atoms with Crippen LogP contribution in [-0.2, 0) is 5.41 Å². The van der Waals surface area contributed by atoms with Crippen LogP contribution >= 0.6 is 12.2 Å². The summed E-state index contributed by atoms with van der Waals surface area (Å²) in [4.78, 5) is 15.5. The van der Waals surface area contributed by atoms with Gasteiger partial charge in [0.15, 0.2) is 10.9 Å². The van der Waals surface area contributed by atoms with E-state index >= 15 is 0 Å². The molecule has 2 unspecified atom stereocenters. The Labute approximate surface area is 205 Å². The van der Waals surface area contributed by atoms with Gasteiger partial charge in [-0.25, -0.2) is 0 Å². The molecule has 0 spiro atoms. The van der Waals surface area contributed by atoms with E-state index in [2.05, 4.69) is 50.2 Å². The van der Waals surface area contributed by atoms with E-state index in [0.717, 1.165) is 37.0 Å². The minimum atomic E-state index is 0.0166. The van der Waals surface area contributed by atoms with Crippen LogP contribution in [-0.4, -0.2) is 42.0 Å². The highest BCUT2D eigenvalue weighted by Gasteiger charge is 2.21. The van der Waals surface area contributed by atoms with Crippen LogP contribution in [0.4, 0.5) is 5.69 Å². The van der Waals surface area contributed by atoms with Gasteiger partial charge >= 0.3 is 0 Å². The SMILES string of the molecule is CC1CC(C)CN(CCCNC(=S)Nc2cccc(C(=O)c3ccc(C(C)(C)C)cc3)c2)C1. The Hall–Kier alpha value is -2.24. The van der Waals surface area contributed by atoms with Gasteiger partial charge in [0.25, 0.3) is 0 Å². The molecule has 1 aliphatic rings. The van der Waals surface area contributed by atoms with Crippen molar-refractivity contribution >= 4 is 28.8 Å². The summed E-state index contributed by atoms with van der Waals surface area (Å²) in [7, 11) is 0. The lowest BCUT2D eigenvalue weighted by Gasteiger charge is -2.35. The molecule has 0 amide bonds. The van der Waals surface area contributed by atoms with Crippen LogP contribution in [0.25, 0.3) is 0 Å². The largest absolute Gasteiger partial charge is 0.362 e. The average molecular weight is 466 g/mol. The van der Waals surface area contributed by atoms with E-state index in [1.807, 2.05) is 48.5 Å². The monoisotopic (exact) mass is 465 g/mol. The van der Waals surface area contributed by atoms with Crippen molar-refractivity contribution in [3.8, 4) is 0 Å². The van der Waals surface area contributed by atoms with Crippen LogP contribution in [0.3, 0.4) is 0 Å². The quantitative estimate of drug-likeness (QED) is 0.304. The Morgan fingerprint density at radius 2 is 1.70 bits per heavy atom. The second kappa shape index (κ2) is 11.3. The first-order valence-electron chi connectivity index (χ1n) is 12.1. The molecule has 2 N–H and O–H groups in total. The van der Waals surface area contributed by atoms with Crippen molar-refractivity contribution in [3.63, 3.8) is 0 Å². The van der Waals surface area contributed by atoms with Gasteiger partial charge in [-0.3, -0.25) is 4.79 Å². The van der Waals surface area contributed by atoms with Crippen LogP contribution < -0.4 is 10.6 Å². The number of carbonyl (C=O) groups excluding carboxylic acids is 1. The first-order valence-corrected chi connectivity index (χ1v) is 12.5. The molecule has 2 atom stereocenters. The van der Waals surface area contributed by atoms with Gasteiger partial charge < -0.3 is 15.5 Å². The molecular formula is C28H39N3OS. The number of benzene rings is 2. The zero-order chi connectivity index (χ0) is 24.0. The van der Waals surface area contributed by atoms with Gasteiger partial charge in [-0.1, -0.05) is 71.0 Å². The lowest BCUT2D eigenvalue weighted by Crippen LogP contribution is -2.40. The number of likely N-dealkylation sites (tertiary alicyclic amines) is 1. The van der Waals surface area contributed by atoms with Gasteiger partial charge in [-0.05, 0) is 66.6 Å². The molecule has 1 heterocycles. The Kier molecular flexibility index (Phi) is 8.66. The van der Waals surface area contributed by atoms with E-state index < -0.39 is 0 Å². The molecule has 1 aliphatic heterocycles. The molecule has 2 aromatic carbocycles. The summed E-state index contributed by atoms with van der Waals surface area (Å²) >= 11 is 5.47. The van der Waals surface area contributed by atoms with E-state index in [4.69, 9.17) is 12.2 Å². The molecule has 5 heteroatoms. The summed E-state index contributed by atoms with van der Waals surface area (Å²) in [6.45, 7) is 15.5. The van der Waals surface area contributed by atoms with Gasteiger partial charge in [0.1, 0.15) is 0 Å². The van der Waals surface area contributed by atoms with E-state index in [9.17, 15) is 4.79 Å². The Bertz CT molecular complexity index is 938. The highest BCUT2D eigenvalue weighted by atomic mass is 32.1. The summed E-state index contributed by atoms with van der Waals surface area (Å²) in [5, 5.41) is 7.12. The van der Waals surface area contributed by atoms with Crippen LogP contribution in [0.2, 0.25) is 0 Å². The van der Waals surface area contributed by atoms with Crippen molar-refractivity contribution in [2.45, 2.75) is 52.9 Å². The van der Waals surface area contributed by atoms with Crippen molar-refractivity contribution in [2.24, 2.45) is 11.8 Å². The number of nitrogens with zero attached hydrogens (tertiary/aromatic N) is 1. The lowest BCUT2D eigenvalue weighted by molar-refractivity contribution is 0.103. The normalized spacial score (nSPS) is 19.2. The Morgan fingerprint density at radius 1 is 1.03 bits per heavy atom. The van der Waals surface area contributed by atoms with E-state index in [-0.39, 0.29) is 11.2 Å². The maximum Gasteiger partial charge on any atom is 0.193 e. The van der Waals surface area contributed by atoms with Crippen molar-refractivity contribution in [1.82, 2.24) is 10.2 Å². The molecule has 3 rings (SSSR count). The van der Waals surface area contributed by atoms with Crippen LogP contribution in [0.1, 0.15) is 68.9 Å². The van der Waals surface area contributed by atoms with Crippen LogP contribution in [0, 0.1) is 11.8 Å². The third kappa shape index (κ3) is 7.65. The van der Waals surface area contributed by atoms with Gasteiger partial charge in [0.2, 0.25) is 0 Å². The van der Waals surface area contributed by atoms with Crippen LogP contribution in [0.5, 0.6) is 0 Å². The minimum Gasteiger partial charge on any atom is -0.362 e. The van der Waals surface area contributed by atoms with Gasteiger partial charge in [0.05, 0.1) is 0 Å². The summed E-state index contributed by atoms with van der Waals surface area (Å²) in [6.07, 6.45) is 2.40. The molecule has 1 fully saturated rings. The summed E-state index contributed by atoms with van der Waals surface area (Å²) < 4.78 is 0. The standard InChI is InChI=1S/C28H39N3OS/c1-20-16-21(2)19-31(18-20)15-7-14-29-27(33)30-25-9-6-8-23(17-25)26(32)22-10-12-24(13-11-22)28(3,4)5/h6,8-13,17,20-21H,7,14-16,18-19H2,1-5H3,(H2,29,30,33).